The molecule has 2 rings (SSSR count). The number of fused-ring (bicyclic) bond motifs is 1. The average Bonchev–Trinajstić information content (AvgIpc) is 2.92. The van der Waals surface area contributed by atoms with Gasteiger partial charge in [0.1, 0.15) is 0 Å². The van der Waals surface area contributed by atoms with Crippen LogP contribution in [-0.2, 0) is 9.53 Å². The molecule has 0 unspecified atom stereocenters. The first-order valence-electron chi connectivity index (χ1n) is 6.54. The highest BCUT2D eigenvalue weighted by Crippen LogP contribution is 2.32. The highest BCUT2D eigenvalue weighted by atomic mass is 16.7. The van der Waals surface area contributed by atoms with Crippen LogP contribution in [0.5, 0.6) is 11.5 Å². The SMILES string of the molecule is CCCOC(=O)CCNC(=O)c1ccc2c(c1)OCO2. The summed E-state index contributed by atoms with van der Waals surface area (Å²) in [7, 11) is 0. The second-order valence-corrected chi connectivity index (χ2v) is 4.29. The maximum absolute atomic E-state index is 11.9. The van der Waals surface area contributed by atoms with Gasteiger partial charge in [-0.2, -0.15) is 0 Å². The first kappa shape index (κ1) is 14.2. The van der Waals surface area contributed by atoms with Crippen LogP contribution in [0.2, 0.25) is 0 Å². The van der Waals surface area contributed by atoms with E-state index in [1.54, 1.807) is 18.2 Å². The molecule has 1 aromatic carbocycles. The van der Waals surface area contributed by atoms with Crippen molar-refractivity contribution in [2.24, 2.45) is 0 Å². The minimum atomic E-state index is -0.308. The molecule has 1 aliphatic rings. The van der Waals surface area contributed by atoms with E-state index in [2.05, 4.69) is 5.32 Å². The van der Waals surface area contributed by atoms with Gasteiger partial charge in [-0.05, 0) is 24.6 Å². The Morgan fingerprint density at radius 3 is 2.90 bits per heavy atom. The molecule has 0 aromatic heterocycles. The maximum Gasteiger partial charge on any atom is 0.307 e. The van der Waals surface area contributed by atoms with Crippen molar-refractivity contribution < 1.29 is 23.8 Å². The van der Waals surface area contributed by atoms with Crippen LogP contribution in [0.15, 0.2) is 18.2 Å². The van der Waals surface area contributed by atoms with E-state index >= 15 is 0 Å². The van der Waals surface area contributed by atoms with Crippen molar-refractivity contribution in [3.63, 3.8) is 0 Å². The lowest BCUT2D eigenvalue weighted by atomic mass is 10.2. The molecule has 0 spiro atoms. The Morgan fingerprint density at radius 2 is 2.10 bits per heavy atom. The van der Waals surface area contributed by atoms with Gasteiger partial charge in [0.05, 0.1) is 13.0 Å². The molecule has 0 fully saturated rings. The molecule has 6 heteroatoms. The molecule has 0 atom stereocenters. The predicted molar refractivity (Wildman–Crippen MR) is 70.8 cm³/mol. The zero-order chi connectivity index (χ0) is 14.4. The largest absolute Gasteiger partial charge is 0.466 e. The van der Waals surface area contributed by atoms with Crippen LogP contribution in [0.4, 0.5) is 0 Å². The first-order valence-corrected chi connectivity index (χ1v) is 6.54. The Bertz CT molecular complexity index is 500. The smallest absolute Gasteiger partial charge is 0.307 e. The van der Waals surface area contributed by atoms with E-state index in [1.807, 2.05) is 6.92 Å². The molecule has 1 aromatic rings. The van der Waals surface area contributed by atoms with Crippen LogP contribution in [0.25, 0.3) is 0 Å². The van der Waals surface area contributed by atoms with Gasteiger partial charge >= 0.3 is 5.97 Å². The van der Waals surface area contributed by atoms with Gasteiger partial charge in [0.25, 0.3) is 5.91 Å². The minimum absolute atomic E-state index is 0.163. The number of hydrogen-bond donors (Lipinski definition) is 1. The lowest BCUT2D eigenvalue weighted by Gasteiger charge is -2.06. The van der Waals surface area contributed by atoms with E-state index < -0.39 is 0 Å². The molecule has 0 bridgehead atoms. The molecule has 0 aliphatic carbocycles. The van der Waals surface area contributed by atoms with Crippen molar-refractivity contribution in [1.29, 1.82) is 0 Å². The Morgan fingerprint density at radius 1 is 1.30 bits per heavy atom. The van der Waals surface area contributed by atoms with E-state index in [4.69, 9.17) is 14.2 Å². The number of amides is 1. The Balaban J connectivity index is 1.79. The molecule has 1 aliphatic heterocycles. The number of esters is 1. The monoisotopic (exact) mass is 279 g/mol. The van der Waals surface area contributed by atoms with E-state index in [0.717, 1.165) is 6.42 Å². The molecular formula is C14H17NO5. The zero-order valence-corrected chi connectivity index (χ0v) is 11.3. The first-order chi connectivity index (χ1) is 9.70. The predicted octanol–water partition coefficient (Wildman–Crippen LogP) is 1.49. The van der Waals surface area contributed by atoms with E-state index in [0.29, 0.717) is 23.7 Å². The van der Waals surface area contributed by atoms with Crippen molar-refractivity contribution in [2.75, 3.05) is 19.9 Å². The standard InChI is InChI=1S/C14H17NO5/c1-2-7-18-13(16)5-6-15-14(17)10-3-4-11-12(8-10)20-9-19-11/h3-4,8H,2,5-7,9H2,1H3,(H,15,17). The van der Waals surface area contributed by atoms with Crippen LogP contribution < -0.4 is 14.8 Å². The summed E-state index contributed by atoms with van der Waals surface area (Å²) in [5, 5.41) is 2.66. The van der Waals surface area contributed by atoms with Crippen molar-refractivity contribution in [3.05, 3.63) is 23.8 Å². The summed E-state index contributed by atoms with van der Waals surface area (Å²) >= 11 is 0. The normalized spacial score (nSPS) is 12.1. The van der Waals surface area contributed by atoms with Gasteiger partial charge in [-0.25, -0.2) is 0 Å². The third-order valence-electron chi connectivity index (χ3n) is 2.72. The van der Waals surface area contributed by atoms with E-state index in [-0.39, 0.29) is 31.6 Å². The molecule has 1 heterocycles. The third-order valence-corrected chi connectivity index (χ3v) is 2.72. The van der Waals surface area contributed by atoms with E-state index in [1.165, 1.54) is 0 Å². The fourth-order valence-electron chi connectivity index (χ4n) is 1.71. The molecule has 0 radical (unpaired) electrons. The fraction of sp³-hybridized carbons (Fsp3) is 0.429. The minimum Gasteiger partial charge on any atom is -0.466 e. The number of benzene rings is 1. The van der Waals surface area contributed by atoms with Gasteiger partial charge in [-0.15, -0.1) is 0 Å². The van der Waals surface area contributed by atoms with Crippen molar-refractivity contribution >= 4 is 11.9 Å². The third kappa shape index (κ3) is 3.63. The molecular weight excluding hydrogens is 262 g/mol. The molecule has 0 saturated heterocycles. The van der Waals surface area contributed by atoms with Gasteiger partial charge < -0.3 is 19.5 Å². The van der Waals surface area contributed by atoms with Crippen LogP contribution in [0.3, 0.4) is 0 Å². The van der Waals surface area contributed by atoms with Gasteiger partial charge in [0.15, 0.2) is 11.5 Å². The molecule has 20 heavy (non-hydrogen) atoms. The summed E-state index contributed by atoms with van der Waals surface area (Å²) in [5.41, 5.74) is 0.469. The second kappa shape index (κ2) is 6.79. The van der Waals surface area contributed by atoms with Gasteiger partial charge in [0, 0.05) is 12.1 Å². The van der Waals surface area contributed by atoms with Crippen LogP contribution in [-0.4, -0.2) is 31.8 Å². The number of carbonyl (C=O) groups is 2. The Kier molecular flexibility index (Phi) is 4.81. The summed E-state index contributed by atoms with van der Waals surface area (Å²) in [6.45, 7) is 2.75. The van der Waals surface area contributed by atoms with E-state index in [9.17, 15) is 9.59 Å². The second-order valence-electron chi connectivity index (χ2n) is 4.29. The molecule has 1 amide bonds. The average molecular weight is 279 g/mol. The number of ether oxygens (including phenoxy) is 3. The maximum atomic E-state index is 11.9. The molecule has 0 saturated carbocycles. The number of hydrogen-bond acceptors (Lipinski definition) is 5. The number of carbonyl (C=O) groups excluding carboxylic acids is 2. The summed E-state index contributed by atoms with van der Waals surface area (Å²) < 4.78 is 15.3. The Labute approximate surface area is 117 Å². The van der Waals surface area contributed by atoms with Crippen LogP contribution in [0, 0.1) is 0 Å². The fourth-order valence-corrected chi connectivity index (χ4v) is 1.71. The van der Waals surface area contributed by atoms with Crippen molar-refractivity contribution in [3.8, 4) is 11.5 Å². The Hall–Kier alpha value is -2.24. The summed E-state index contributed by atoms with van der Waals surface area (Å²) in [4.78, 5) is 23.1. The highest BCUT2D eigenvalue weighted by Gasteiger charge is 2.16. The lowest BCUT2D eigenvalue weighted by Crippen LogP contribution is -2.26. The van der Waals surface area contributed by atoms with Gasteiger partial charge in [0.2, 0.25) is 6.79 Å². The van der Waals surface area contributed by atoms with Crippen LogP contribution in [0.1, 0.15) is 30.1 Å². The highest BCUT2D eigenvalue weighted by molar-refractivity contribution is 5.95. The number of nitrogens with one attached hydrogen (secondary N) is 1. The zero-order valence-electron chi connectivity index (χ0n) is 11.3. The summed E-state index contributed by atoms with van der Waals surface area (Å²) in [6.07, 6.45) is 0.950. The van der Waals surface area contributed by atoms with Crippen LogP contribution >= 0.6 is 0 Å². The molecule has 6 nitrogen and oxygen atoms in total. The lowest BCUT2D eigenvalue weighted by molar-refractivity contribution is -0.143. The number of rotatable bonds is 6. The van der Waals surface area contributed by atoms with Crippen molar-refractivity contribution in [2.45, 2.75) is 19.8 Å². The quantitative estimate of drug-likeness (QED) is 0.799. The van der Waals surface area contributed by atoms with Gasteiger partial charge in [-0.3, -0.25) is 9.59 Å². The van der Waals surface area contributed by atoms with Crippen molar-refractivity contribution in [1.82, 2.24) is 5.32 Å². The van der Waals surface area contributed by atoms with Gasteiger partial charge in [-0.1, -0.05) is 6.92 Å². The summed E-state index contributed by atoms with van der Waals surface area (Å²) in [6, 6.07) is 4.96. The topological polar surface area (TPSA) is 73.9 Å². The summed E-state index contributed by atoms with van der Waals surface area (Å²) in [5.74, 6) is 0.620. The molecule has 108 valence electrons. The molecule has 1 N–H and O–H groups in total.